The molecule has 2 aromatic carbocycles. The van der Waals surface area contributed by atoms with Gasteiger partial charge in [0.05, 0.1) is 13.0 Å². The van der Waals surface area contributed by atoms with Gasteiger partial charge in [0.2, 0.25) is 5.91 Å². The lowest BCUT2D eigenvalue weighted by molar-refractivity contribution is -0.122. The van der Waals surface area contributed by atoms with E-state index in [1.54, 1.807) is 12.1 Å². The van der Waals surface area contributed by atoms with Crippen LogP contribution in [0.1, 0.15) is 20.3 Å². The summed E-state index contributed by atoms with van der Waals surface area (Å²) in [6, 6.07) is 11.3. The van der Waals surface area contributed by atoms with Gasteiger partial charge in [-0.3, -0.25) is 4.79 Å². The summed E-state index contributed by atoms with van der Waals surface area (Å²) in [4.78, 5) is 11.5. The maximum absolute atomic E-state index is 11.5. The summed E-state index contributed by atoms with van der Waals surface area (Å²) in [6.07, 6.45) is 0.268. The molecule has 0 bridgehead atoms. The molecule has 20 heavy (non-hydrogen) atoms. The zero-order valence-corrected chi connectivity index (χ0v) is 11.7. The number of hydrogen-bond donors (Lipinski definition) is 2. The highest BCUT2D eigenvalue weighted by Crippen LogP contribution is 2.31. The standard InChI is InChI=1S/C16H19NO3/c1-11(2)17-16(19)7-8-20-15-10-13-6-4-3-5-12(13)9-14(15)18/h3-6,9-11,18H,7-8H2,1-2H3,(H,17,19). The van der Waals surface area contributed by atoms with E-state index in [1.807, 2.05) is 38.1 Å². The largest absolute Gasteiger partial charge is 0.504 e. The fraction of sp³-hybridized carbons (Fsp3) is 0.312. The molecular formula is C16H19NO3. The minimum absolute atomic E-state index is 0.0553. The van der Waals surface area contributed by atoms with Crippen molar-refractivity contribution < 1.29 is 14.6 Å². The van der Waals surface area contributed by atoms with E-state index in [4.69, 9.17) is 4.74 Å². The molecule has 0 aliphatic carbocycles. The van der Waals surface area contributed by atoms with Crippen LogP contribution in [0.2, 0.25) is 0 Å². The van der Waals surface area contributed by atoms with Crippen molar-refractivity contribution in [1.29, 1.82) is 0 Å². The van der Waals surface area contributed by atoms with Gasteiger partial charge in [-0.15, -0.1) is 0 Å². The van der Waals surface area contributed by atoms with E-state index in [2.05, 4.69) is 5.32 Å². The van der Waals surface area contributed by atoms with Gasteiger partial charge >= 0.3 is 0 Å². The molecular weight excluding hydrogens is 254 g/mol. The molecule has 2 rings (SSSR count). The predicted molar refractivity (Wildman–Crippen MR) is 79.0 cm³/mol. The van der Waals surface area contributed by atoms with Gasteiger partial charge in [0.1, 0.15) is 0 Å². The number of phenols is 1. The number of rotatable bonds is 5. The predicted octanol–water partition coefficient (Wildman–Crippen LogP) is 2.84. The second-order valence-corrected chi connectivity index (χ2v) is 4.99. The van der Waals surface area contributed by atoms with Gasteiger partial charge in [0.15, 0.2) is 11.5 Å². The van der Waals surface area contributed by atoms with Crippen LogP contribution in [0.3, 0.4) is 0 Å². The Hall–Kier alpha value is -2.23. The summed E-state index contributed by atoms with van der Waals surface area (Å²) in [5.41, 5.74) is 0. The summed E-state index contributed by atoms with van der Waals surface area (Å²) in [7, 11) is 0. The van der Waals surface area contributed by atoms with Crippen molar-refractivity contribution in [3.8, 4) is 11.5 Å². The zero-order chi connectivity index (χ0) is 14.5. The average molecular weight is 273 g/mol. The summed E-state index contributed by atoms with van der Waals surface area (Å²) >= 11 is 0. The fourth-order valence-electron chi connectivity index (χ4n) is 1.97. The van der Waals surface area contributed by atoms with Crippen LogP contribution in [0, 0.1) is 0 Å². The highest BCUT2D eigenvalue weighted by molar-refractivity contribution is 5.85. The zero-order valence-electron chi connectivity index (χ0n) is 11.7. The monoisotopic (exact) mass is 273 g/mol. The minimum Gasteiger partial charge on any atom is -0.504 e. The Morgan fingerprint density at radius 3 is 2.55 bits per heavy atom. The number of carbonyl (C=O) groups excluding carboxylic acids is 1. The minimum atomic E-state index is -0.0553. The first kappa shape index (κ1) is 14.2. The Morgan fingerprint density at radius 2 is 1.90 bits per heavy atom. The molecule has 0 aromatic heterocycles. The summed E-state index contributed by atoms with van der Waals surface area (Å²) in [5.74, 6) is 0.439. The van der Waals surface area contributed by atoms with Crippen molar-refractivity contribution >= 4 is 16.7 Å². The third-order valence-electron chi connectivity index (χ3n) is 2.86. The molecule has 0 atom stereocenters. The van der Waals surface area contributed by atoms with Crippen LogP contribution in [0.25, 0.3) is 10.8 Å². The molecule has 0 saturated heterocycles. The number of fused-ring (bicyclic) bond motifs is 1. The molecule has 0 unspecified atom stereocenters. The molecule has 2 aromatic rings. The van der Waals surface area contributed by atoms with Crippen LogP contribution in [0.15, 0.2) is 36.4 Å². The summed E-state index contributed by atoms with van der Waals surface area (Å²) < 4.78 is 5.49. The number of carbonyl (C=O) groups is 1. The van der Waals surface area contributed by atoms with Crippen LogP contribution < -0.4 is 10.1 Å². The van der Waals surface area contributed by atoms with Crippen LogP contribution in [0.5, 0.6) is 11.5 Å². The molecule has 0 saturated carbocycles. The van der Waals surface area contributed by atoms with Gasteiger partial charge in [-0.05, 0) is 36.8 Å². The topological polar surface area (TPSA) is 58.6 Å². The number of benzene rings is 2. The number of phenolic OH excluding ortho intramolecular Hbond substituents is 1. The lowest BCUT2D eigenvalue weighted by Gasteiger charge is -2.11. The lowest BCUT2D eigenvalue weighted by Crippen LogP contribution is -2.31. The van der Waals surface area contributed by atoms with Crippen molar-refractivity contribution in [3.05, 3.63) is 36.4 Å². The van der Waals surface area contributed by atoms with Crippen LogP contribution in [-0.2, 0) is 4.79 Å². The summed E-state index contributed by atoms with van der Waals surface area (Å²) in [6.45, 7) is 4.06. The summed E-state index contributed by atoms with van der Waals surface area (Å²) in [5, 5.41) is 14.6. The molecule has 106 valence electrons. The smallest absolute Gasteiger partial charge is 0.223 e. The van der Waals surface area contributed by atoms with Crippen molar-refractivity contribution in [2.24, 2.45) is 0 Å². The molecule has 0 aliphatic heterocycles. The van der Waals surface area contributed by atoms with Gasteiger partial charge in [0.25, 0.3) is 0 Å². The Bertz CT molecular complexity index is 608. The molecule has 4 nitrogen and oxygen atoms in total. The molecule has 4 heteroatoms. The highest BCUT2D eigenvalue weighted by atomic mass is 16.5. The Morgan fingerprint density at radius 1 is 1.25 bits per heavy atom. The number of ether oxygens (including phenoxy) is 1. The van der Waals surface area contributed by atoms with Gasteiger partial charge in [-0.1, -0.05) is 24.3 Å². The van der Waals surface area contributed by atoms with Crippen LogP contribution >= 0.6 is 0 Å². The van der Waals surface area contributed by atoms with E-state index in [0.29, 0.717) is 5.75 Å². The van der Waals surface area contributed by atoms with E-state index in [9.17, 15) is 9.90 Å². The Labute approximate surface area is 118 Å². The first-order valence-corrected chi connectivity index (χ1v) is 6.70. The number of hydrogen-bond acceptors (Lipinski definition) is 3. The Balaban J connectivity index is 1.99. The second kappa shape index (κ2) is 6.28. The van der Waals surface area contributed by atoms with Crippen molar-refractivity contribution in [1.82, 2.24) is 5.32 Å². The van der Waals surface area contributed by atoms with Gasteiger partial charge < -0.3 is 15.2 Å². The van der Waals surface area contributed by atoms with E-state index in [1.165, 1.54) is 0 Å². The third-order valence-corrected chi connectivity index (χ3v) is 2.86. The molecule has 0 heterocycles. The Kier molecular flexibility index (Phi) is 4.45. The maximum Gasteiger partial charge on any atom is 0.223 e. The average Bonchev–Trinajstić information content (AvgIpc) is 2.38. The second-order valence-electron chi connectivity index (χ2n) is 4.99. The van der Waals surface area contributed by atoms with Crippen molar-refractivity contribution in [2.45, 2.75) is 26.3 Å². The van der Waals surface area contributed by atoms with Crippen LogP contribution in [0.4, 0.5) is 0 Å². The van der Waals surface area contributed by atoms with Crippen LogP contribution in [-0.4, -0.2) is 23.7 Å². The normalized spacial score (nSPS) is 10.8. The lowest BCUT2D eigenvalue weighted by atomic mass is 10.1. The molecule has 2 N–H and O–H groups in total. The van der Waals surface area contributed by atoms with Gasteiger partial charge in [-0.2, -0.15) is 0 Å². The quantitative estimate of drug-likeness (QED) is 0.880. The SMILES string of the molecule is CC(C)NC(=O)CCOc1cc2ccccc2cc1O. The fourth-order valence-corrected chi connectivity index (χ4v) is 1.97. The van der Waals surface area contributed by atoms with Crippen molar-refractivity contribution in [3.63, 3.8) is 0 Å². The first-order chi connectivity index (χ1) is 9.56. The molecule has 0 aliphatic rings. The van der Waals surface area contributed by atoms with Gasteiger partial charge in [0, 0.05) is 6.04 Å². The number of aromatic hydroxyl groups is 1. The van der Waals surface area contributed by atoms with E-state index in [0.717, 1.165) is 10.8 Å². The first-order valence-electron chi connectivity index (χ1n) is 6.70. The molecule has 0 radical (unpaired) electrons. The van der Waals surface area contributed by atoms with E-state index >= 15 is 0 Å². The highest BCUT2D eigenvalue weighted by Gasteiger charge is 2.07. The molecule has 0 fully saturated rings. The van der Waals surface area contributed by atoms with E-state index in [-0.39, 0.29) is 30.7 Å². The van der Waals surface area contributed by atoms with Crippen molar-refractivity contribution in [2.75, 3.05) is 6.61 Å². The maximum atomic E-state index is 11.5. The number of nitrogens with one attached hydrogen (secondary N) is 1. The van der Waals surface area contributed by atoms with E-state index < -0.39 is 0 Å². The third kappa shape index (κ3) is 3.63. The molecule has 1 amide bonds. The number of amides is 1. The van der Waals surface area contributed by atoms with Gasteiger partial charge in [-0.25, -0.2) is 0 Å². The molecule has 0 spiro atoms.